The molecule has 3 heteroatoms. The molecular formula is C17H13IOS. The van der Waals surface area contributed by atoms with Crippen molar-refractivity contribution in [3.8, 4) is 0 Å². The second-order valence-electron chi connectivity index (χ2n) is 4.79. The first-order chi connectivity index (χ1) is 9.66. The highest BCUT2D eigenvalue weighted by Crippen LogP contribution is 2.27. The second kappa shape index (κ2) is 5.66. The average Bonchev–Trinajstić information content (AvgIpc) is 2.85. The number of carbonyl (C=O) groups is 1. The zero-order valence-corrected chi connectivity index (χ0v) is 14.0. The summed E-state index contributed by atoms with van der Waals surface area (Å²) < 4.78 is 2.31. The molecule has 0 aliphatic rings. The fourth-order valence-corrected chi connectivity index (χ4v) is 3.92. The van der Waals surface area contributed by atoms with Gasteiger partial charge < -0.3 is 0 Å². The van der Waals surface area contributed by atoms with Crippen LogP contribution < -0.4 is 0 Å². The molecule has 100 valence electrons. The van der Waals surface area contributed by atoms with Crippen LogP contribution >= 0.6 is 33.9 Å². The van der Waals surface area contributed by atoms with E-state index >= 15 is 0 Å². The van der Waals surface area contributed by atoms with Crippen molar-refractivity contribution in [3.05, 3.63) is 68.1 Å². The van der Waals surface area contributed by atoms with Crippen molar-refractivity contribution in [3.63, 3.8) is 0 Å². The van der Waals surface area contributed by atoms with Gasteiger partial charge in [-0.05, 0) is 57.5 Å². The van der Waals surface area contributed by atoms with Crippen molar-refractivity contribution in [2.45, 2.75) is 13.3 Å². The van der Waals surface area contributed by atoms with Gasteiger partial charge >= 0.3 is 0 Å². The topological polar surface area (TPSA) is 17.1 Å². The summed E-state index contributed by atoms with van der Waals surface area (Å²) in [7, 11) is 0. The summed E-state index contributed by atoms with van der Waals surface area (Å²) in [6.07, 6.45) is 0.476. The van der Waals surface area contributed by atoms with Gasteiger partial charge in [0, 0.05) is 20.3 Å². The van der Waals surface area contributed by atoms with Gasteiger partial charge in [-0.25, -0.2) is 0 Å². The first-order valence-corrected chi connectivity index (χ1v) is 8.36. The minimum absolute atomic E-state index is 0.196. The molecule has 3 aromatic rings. The second-order valence-corrected chi connectivity index (χ2v) is 6.78. The summed E-state index contributed by atoms with van der Waals surface area (Å²) in [6.45, 7) is 2.04. The van der Waals surface area contributed by atoms with Crippen LogP contribution in [-0.2, 0) is 6.42 Å². The lowest BCUT2D eigenvalue weighted by Gasteiger charge is -2.06. The zero-order valence-electron chi connectivity index (χ0n) is 11.0. The predicted octanol–water partition coefficient (Wildman–Crippen LogP) is 5.24. The van der Waals surface area contributed by atoms with Crippen LogP contribution in [0.15, 0.2) is 47.8 Å². The third-order valence-electron chi connectivity index (χ3n) is 3.40. The smallest absolute Gasteiger partial charge is 0.168 e. The lowest BCUT2D eigenvalue weighted by Crippen LogP contribution is -2.06. The Morgan fingerprint density at radius 1 is 1.15 bits per heavy atom. The summed E-state index contributed by atoms with van der Waals surface area (Å²) in [4.78, 5) is 12.5. The Balaban J connectivity index is 1.95. The number of rotatable bonds is 3. The first kappa shape index (κ1) is 13.8. The number of carbonyl (C=O) groups excluding carboxylic acids is 1. The Bertz CT molecular complexity index is 789. The Labute approximate surface area is 135 Å². The Morgan fingerprint density at radius 3 is 2.80 bits per heavy atom. The third-order valence-corrected chi connectivity index (χ3v) is 5.85. The summed E-state index contributed by atoms with van der Waals surface area (Å²) in [5.74, 6) is 0.196. The minimum Gasteiger partial charge on any atom is -0.294 e. The van der Waals surface area contributed by atoms with Crippen molar-refractivity contribution in [1.82, 2.24) is 0 Å². The fourth-order valence-electron chi connectivity index (χ4n) is 2.30. The number of halogens is 1. The van der Waals surface area contributed by atoms with Crippen molar-refractivity contribution in [1.29, 1.82) is 0 Å². The van der Waals surface area contributed by atoms with Crippen molar-refractivity contribution >= 4 is 49.8 Å². The number of thiophene rings is 1. The highest BCUT2D eigenvalue weighted by Gasteiger charge is 2.14. The molecule has 0 bridgehead atoms. The number of ketones is 1. The summed E-state index contributed by atoms with van der Waals surface area (Å²) in [6, 6.07) is 14.2. The van der Waals surface area contributed by atoms with E-state index in [0.717, 1.165) is 20.3 Å². The van der Waals surface area contributed by atoms with E-state index in [1.807, 2.05) is 37.3 Å². The van der Waals surface area contributed by atoms with E-state index < -0.39 is 0 Å². The monoisotopic (exact) mass is 392 g/mol. The molecule has 0 atom stereocenters. The predicted molar refractivity (Wildman–Crippen MR) is 93.8 cm³/mol. The highest BCUT2D eigenvalue weighted by molar-refractivity contribution is 14.1. The average molecular weight is 392 g/mol. The van der Waals surface area contributed by atoms with Crippen LogP contribution in [0.5, 0.6) is 0 Å². The SMILES string of the molecule is Cc1cccc(C(=O)Cc2csc3ccccc23)c1I. The van der Waals surface area contributed by atoms with Gasteiger partial charge in [0.2, 0.25) is 0 Å². The van der Waals surface area contributed by atoms with Gasteiger partial charge in [-0.2, -0.15) is 0 Å². The van der Waals surface area contributed by atoms with E-state index in [1.165, 1.54) is 10.1 Å². The molecule has 0 N–H and O–H groups in total. The lowest BCUT2D eigenvalue weighted by molar-refractivity contribution is 0.0992. The molecule has 0 aliphatic carbocycles. The lowest BCUT2D eigenvalue weighted by atomic mass is 10.0. The van der Waals surface area contributed by atoms with Crippen LogP contribution in [0.2, 0.25) is 0 Å². The summed E-state index contributed by atoms with van der Waals surface area (Å²) in [5.41, 5.74) is 3.13. The van der Waals surface area contributed by atoms with Gasteiger partial charge in [-0.15, -0.1) is 11.3 Å². The fraction of sp³-hybridized carbons (Fsp3) is 0.118. The highest BCUT2D eigenvalue weighted by atomic mass is 127. The Morgan fingerprint density at radius 2 is 1.95 bits per heavy atom. The van der Waals surface area contributed by atoms with E-state index in [4.69, 9.17) is 0 Å². The van der Waals surface area contributed by atoms with E-state index in [-0.39, 0.29) is 5.78 Å². The molecule has 3 rings (SSSR count). The van der Waals surface area contributed by atoms with Crippen LogP contribution in [0.1, 0.15) is 21.5 Å². The van der Waals surface area contributed by atoms with E-state index in [1.54, 1.807) is 11.3 Å². The molecule has 1 nitrogen and oxygen atoms in total. The zero-order chi connectivity index (χ0) is 14.1. The molecule has 1 heterocycles. The number of benzene rings is 2. The molecular weight excluding hydrogens is 379 g/mol. The van der Waals surface area contributed by atoms with Gasteiger partial charge in [0.25, 0.3) is 0 Å². The van der Waals surface area contributed by atoms with Crippen LogP contribution in [0.3, 0.4) is 0 Å². The molecule has 0 saturated heterocycles. The molecule has 0 radical (unpaired) electrons. The quantitative estimate of drug-likeness (QED) is 0.440. The van der Waals surface area contributed by atoms with Crippen LogP contribution in [0.4, 0.5) is 0 Å². The first-order valence-electron chi connectivity index (χ1n) is 6.40. The standard InChI is InChI=1S/C17H13IOS/c1-11-5-4-7-14(17(11)18)15(19)9-12-10-20-16-8-3-2-6-13(12)16/h2-8,10H,9H2,1H3. The van der Waals surface area contributed by atoms with E-state index in [2.05, 4.69) is 40.1 Å². The van der Waals surface area contributed by atoms with Crippen molar-refractivity contribution < 1.29 is 4.79 Å². The number of Topliss-reactive ketones (excluding diaryl/α,β-unsaturated/α-hetero) is 1. The van der Waals surface area contributed by atoms with Crippen LogP contribution in [0, 0.1) is 10.5 Å². The maximum atomic E-state index is 12.5. The van der Waals surface area contributed by atoms with E-state index in [9.17, 15) is 4.79 Å². The Hall–Kier alpha value is -1.20. The van der Waals surface area contributed by atoms with Crippen molar-refractivity contribution in [2.75, 3.05) is 0 Å². The van der Waals surface area contributed by atoms with Crippen LogP contribution in [-0.4, -0.2) is 5.78 Å². The third kappa shape index (κ3) is 2.52. The molecule has 0 saturated carbocycles. The number of hydrogen-bond acceptors (Lipinski definition) is 2. The summed E-state index contributed by atoms with van der Waals surface area (Å²) in [5, 5.41) is 3.30. The largest absolute Gasteiger partial charge is 0.294 e. The van der Waals surface area contributed by atoms with Crippen LogP contribution in [0.25, 0.3) is 10.1 Å². The molecule has 1 aromatic heterocycles. The molecule has 0 amide bonds. The normalized spacial score (nSPS) is 10.9. The van der Waals surface area contributed by atoms with Gasteiger partial charge in [0.1, 0.15) is 0 Å². The minimum atomic E-state index is 0.196. The van der Waals surface area contributed by atoms with E-state index in [0.29, 0.717) is 6.42 Å². The molecule has 2 aromatic carbocycles. The van der Waals surface area contributed by atoms with Gasteiger partial charge in [-0.1, -0.05) is 36.4 Å². The molecule has 0 fully saturated rings. The van der Waals surface area contributed by atoms with Gasteiger partial charge in [0.05, 0.1) is 0 Å². The number of fused-ring (bicyclic) bond motifs is 1. The summed E-state index contributed by atoms with van der Waals surface area (Å²) >= 11 is 3.97. The molecule has 0 spiro atoms. The van der Waals surface area contributed by atoms with Crippen molar-refractivity contribution in [2.24, 2.45) is 0 Å². The number of hydrogen-bond donors (Lipinski definition) is 0. The van der Waals surface area contributed by atoms with Gasteiger partial charge in [-0.3, -0.25) is 4.79 Å². The number of aryl methyl sites for hydroxylation is 1. The maximum absolute atomic E-state index is 12.5. The molecule has 0 unspecified atom stereocenters. The van der Waals surface area contributed by atoms with Gasteiger partial charge in [0.15, 0.2) is 5.78 Å². The Kier molecular flexibility index (Phi) is 3.89. The molecule has 0 aliphatic heterocycles. The maximum Gasteiger partial charge on any atom is 0.168 e. The molecule has 20 heavy (non-hydrogen) atoms.